The molecule has 0 aromatic heterocycles. The van der Waals surface area contributed by atoms with Crippen molar-refractivity contribution in [1.82, 2.24) is 0 Å². The molecule has 0 saturated carbocycles. The van der Waals surface area contributed by atoms with E-state index in [2.05, 4.69) is 20.8 Å². The molecule has 0 fully saturated rings. The van der Waals surface area contributed by atoms with Gasteiger partial charge in [-0.15, -0.1) is 0 Å². The van der Waals surface area contributed by atoms with Crippen molar-refractivity contribution >= 4 is 12.1 Å². The van der Waals surface area contributed by atoms with E-state index in [4.69, 9.17) is 4.52 Å². The van der Waals surface area contributed by atoms with Crippen LogP contribution in [0.25, 0.3) is 0 Å². The van der Waals surface area contributed by atoms with Crippen LogP contribution in [0.1, 0.15) is 70.4 Å². The van der Waals surface area contributed by atoms with Gasteiger partial charge in [-0.1, -0.05) is 0 Å². The van der Waals surface area contributed by atoms with Crippen molar-refractivity contribution in [1.29, 1.82) is 0 Å². The van der Waals surface area contributed by atoms with Gasteiger partial charge in [0.25, 0.3) is 0 Å². The summed E-state index contributed by atoms with van der Waals surface area (Å²) in [5.74, 6) is 0. The number of fused-ring (bicyclic) bond motifs is 1. The Labute approximate surface area is 185 Å². The van der Waals surface area contributed by atoms with E-state index in [1.54, 1.807) is 42.5 Å². The van der Waals surface area contributed by atoms with Crippen LogP contribution >= 0.6 is 6.83 Å². The van der Waals surface area contributed by atoms with Crippen molar-refractivity contribution < 1.29 is 17.7 Å². The second-order valence-electron chi connectivity index (χ2n) is 9.01. The molecule has 5 heteroatoms. The van der Waals surface area contributed by atoms with Gasteiger partial charge in [-0.2, -0.15) is 0 Å². The van der Waals surface area contributed by atoms with Gasteiger partial charge in [0.1, 0.15) is 0 Å². The number of alkyl halides is 3. The fourth-order valence-corrected chi connectivity index (χ4v) is 12.6. The first-order chi connectivity index (χ1) is 14.8. The van der Waals surface area contributed by atoms with Crippen LogP contribution in [0.4, 0.5) is 13.2 Å². The van der Waals surface area contributed by atoms with E-state index in [1.807, 2.05) is 12.1 Å². The molecule has 1 aliphatic rings. The van der Waals surface area contributed by atoms with Crippen molar-refractivity contribution in [3.63, 3.8) is 0 Å². The molecule has 2 aromatic carbocycles. The molecular weight excluding hydrogens is 416 g/mol. The molecule has 3 rings (SSSR count). The Bertz CT molecular complexity index is 840. The molecular formula is C26H36F3OP. The molecule has 0 N–H and O–H groups in total. The van der Waals surface area contributed by atoms with Gasteiger partial charge < -0.3 is 0 Å². The average Bonchev–Trinajstić information content (AvgIpc) is 3.05. The summed E-state index contributed by atoms with van der Waals surface area (Å²) in [6.07, 6.45) is 3.20. The van der Waals surface area contributed by atoms with Gasteiger partial charge in [-0.3, -0.25) is 0 Å². The summed E-state index contributed by atoms with van der Waals surface area (Å²) in [5, 5.41) is 0.880. The van der Waals surface area contributed by atoms with Crippen LogP contribution in [0.3, 0.4) is 0 Å². The Morgan fingerprint density at radius 3 is 1.71 bits per heavy atom. The van der Waals surface area contributed by atoms with E-state index >= 15 is 13.2 Å². The summed E-state index contributed by atoms with van der Waals surface area (Å²) in [6.45, 7) is 3.02. The molecule has 1 atom stereocenters. The second kappa shape index (κ2) is 9.24. The number of benzene rings is 2. The van der Waals surface area contributed by atoms with Crippen LogP contribution in [0, 0.1) is 0 Å². The van der Waals surface area contributed by atoms with Crippen molar-refractivity contribution in [2.75, 3.05) is 18.5 Å². The number of unbranched alkanes of at least 4 members (excludes halogenated alkanes) is 3. The zero-order chi connectivity index (χ0) is 22.6. The van der Waals surface area contributed by atoms with Gasteiger partial charge in [0.2, 0.25) is 0 Å². The maximum absolute atomic E-state index is 15.2. The van der Waals surface area contributed by atoms with Gasteiger partial charge in [0.15, 0.2) is 0 Å². The first-order valence-corrected chi connectivity index (χ1v) is 14.4. The molecule has 0 aliphatic carbocycles. The van der Waals surface area contributed by atoms with E-state index in [0.717, 1.165) is 62.3 Å². The Kier molecular flexibility index (Phi) is 7.23. The number of rotatable bonds is 10. The quantitative estimate of drug-likeness (QED) is 0.332. The maximum atomic E-state index is 15.2. The Morgan fingerprint density at radius 2 is 1.23 bits per heavy atom. The standard InChI is InChI=1S/C26H36F3OP/c1-4-7-19-31(20-8-5-2,21-9-6-3)24-18-14-13-17-23(24)25(30-31,26(27,28)29)22-15-11-10-12-16-22/h10-18H,4-9,19-21H2,1-3H3. The van der Waals surface area contributed by atoms with E-state index in [1.165, 1.54) is 0 Å². The van der Waals surface area contributed by atoms with Crippen molar-refractivity contribution in [3.8, 4) is 0 Å². The summed E-state index contributed by atoms with van der Waals surface area (Å²) in [5.41, 5.74) is -1.86. The minimum absolute atomic E-state index is 0.200. The van der Waals surface area contributed by atoms with Gasteiger partial charge >= 0.3 is 185 Å². The molecule has 0 radical (unpaired) electrons. The predicted octanol–water partition coefficient (Wildman–Crippen LogP) is 8.02. The van der Waals surface area contributed by atoms with Crippen LogP contribution in [0.15, 0.2) is 54.6 Å². The number of halogens is 3. The van der Waals surface area contributed by atoms with Crippen LogP contribution < -0.4 is 5.30 Å². The summed E-state index contributed by atoms with van der Waals surface area (Å²) in [7, 11) is 0. The summed E-state index contributed by atoms with van der Waals surface area (Å²) >= 11 is 0. The van der Waals surface area contributed by atoms with E-state index in [0.29, 0.717) is 5.56 Å². The fraction of sp³-hybridized carbons (Fsp3) is 0.538. The van der Waals surface area contributed by atoms with Gasteiger partial charge in [0.05, 0.1) is 0 Å². The molecule has 172 valence electrons. The summed E-state index contributed by atoms with van der Waals surface area (Å²) in [6, 6.07) is 15.6. The van der Waals surface area contributed by atoms with Crippen LogP contribution in [-0.2, 0) is 10.1 Å². The molecule has 0 amide bonds. The van der Waals surface area contributed by atoms with E-state index in [9.17, 15) is 0 Å². The first kappa shape index (κ1) is 24.3. The fourth-order valence-electron chi connectivity index (χ4n) is 5.38. The summed E-state index contributed by atoms with van der Waals surface area (Å²) < 4.78 is 52.3. The van der Waals surface area contributed by atoms with Crippen LogP contribution in [-0.4, -0.2) is 24.7 Å². The molecule has 1 aliphatic heterocycles. The molecule has 0 saturated heterocycles. The molecule has 31 heavy (non-hydrogen) atoms. The Morgan fingerprint density at radius 1 is 0.742 bits per heavy atom. The summed E-state index contributed by atoms with van der Waals surface area (Å²) in [4.78, 5) is 0. The van der Waals surface area contributed by atoms with Crippen molar-refractivity contribution in [2.45, 2.75) is 71.1 Å². The molecule has 1 heterocycles. The monoisotopic (exact) mass is 452 g/mol. The van der Waals surface area contributed by atoms with Gasteiger partial charge in [-0.25, -0.2) is 0 Å². The Hall–Kier alpha value is -1.38. The third-order valence-corrected chi connectivity index (χ3v) is 13.4. The molecule has 1 unspecified atom stereocenters. The topological polar surface area (TPSA) is 9.23 Å². The second-order valence-corrected chi connectivity index (χ2v) is 14.3. The predicted molar refractivity (Wildman–Crippen MR) is 127 cm³/mol. The van der Waals surface area contributed by atoms with Gasteiger partial charge in [-0.05, 0) is 0 Å². The van der Waals surface area contributed by atoms with Gasteiger partial charge in [0, 0.05) is 0 Å². The minimum atomic E-state index is -4.55. The third-order valence-electron chi connectivity index (χ3n) is 6.94. The first-order valence-electron chi connectivity index (χ1n) is 11.7. The number of hydrogen-bond acceptors (Lipinski definition) is 1. The van der Waals surface area contributed by atoms with Crippen LogP contribution in [0.2, 0.25) is 0 Å². The third kappa shape index (κ3) is 3.95. The molecule has 2 aromatic rings. The van der Waals surface area contributed by atoms with Crippen molar-refractivity contribution in [3.05, 3.63) is 65.7 Å². The van der Waals surface area contributed by atoms with Crippen molar-refractivity contribution in [2.24, 2.45) is 0 Å². The SMILES string of the molecule is CCCCP1(CCCC)(CCCC)OC(c2ccccc2)(C(F)(F)F)c2ccccc21. The average molecular weight is 453 g/mol. The number of hydrogen-bond donors (Lipinski definition) is 0. The molecule has 0 spiro atoms. The van der Waals surface area contributed by atoms with E-state index < -0.39 is 18.6 Å². The Balaban J connectivity index is 2.38. The zero-order valence-corrected chi connectivity index (χ0v) is 19.9. The van der Waals surface area contributed by atoms with Crippen LogP contribution in [0.5, 0.6) is 0 Å². The zero-order valence-electron chi connectivity index (χ0n) is 19.0. The molecule has 1 nitrogen and oxygen atoms in total. The van der Waals surface area contributed by atoms with E-state index in [-0.39, 0.29) is 5.56 Å². The normalized spacial score (nSPS) is 23.1. The molecule has 0 bridgehead atoms.